The monoisotopic (exact) mass is 314 g/mol. The molecule has 4 rings (SSSR count). The number of furan rings is 1. The summed E-state index contributed by atoms with van der Waals surface area (Å²) in [4.78, 5) is 11.4. The van der Waals surface area contributed by atoms with Crippen molar-refractivity contribution in [3.63, 3.8) is 0 Å². The lowest BCUT2D eigenvalue weighted by Gasteiger charge is -2.25. The molecule has 2 unspecified atom stereocenters. The molecule has 0 radical (unpaired) electrons. The van der Waals surface area contributed by atoms with Crippen LogP contribution < -0.4 is 10.2 Å². The Kier molecular flexibility index (Phi) is 4.15. The van der Waals surface area contributed by atoms with Crippen molar-refractivity contribution in [2.75, 3.05) is 30.0 Å². The molecule has 0 aromatic carbocycles. The number of hydrogen-bond acceptors (Lipinski definition) is 6. The Morgan fingerprint density at radius 3 is 3.04 bits per heavy atom. The summed E-state index contributed by atoms with van der Waals surface area (Å²) < 4.78 is 11.1. The number of ether oxygens (including phenoxy) is 1. The van der Waals surface area contributed by atoms with Crippen LogP contribution in [0.1, 0.15) is 37.5 Å². The molecule has 122 valence electrons. The normalized spacial score (nSPS) is 24.8. The van der Waals surface area contributed by atoms with E-state index in [1.807, 2.05) is 24.4 Å². The third-order valence-corrected chi connectivity index (χ3v) is 4.54. The van der Waals surface area contributed by atoms with Gasteiger partial charge < -0.3 is 19.4 Å². The molecule has 0 bridgehead atoms. The molecule has 2 fully saturated rings. The Balaban J connectivity index is 1.51. The van der Waals surface area contributed by atoms with Gasteiger partial charge in [-0.2, -0.15) is 4.98 Å². The molecule has 23 heavy (non-hydrogen) atoms. The lowest BCUT2D eigenvalue weighted by Crippen LogP contribution is -2.31. The van der Waals surface area contributed by atoms with Gasteiger partial charge in [0.05, 0.1) is 25.0 Å². The molecule has 2 aromatic heterocycles. The average Bonchev–Trinajstić information content (AvgIpc) is 3.27. The van der Waals surface area contributed by atoms with Gasteiger partial charge in [0.2, 0.25) is 5.95 Å². The highest BCUT2D eigenvalue weighted by molar-refractivity contribution is 5.44. The van der Waals surface area contributed by atoms with E-state index in [-0.39, 0.29) is 6.04 Å². The van der Waals surface area contributed by atoms with Gasteiger partial charge in [0.25, 0.3) is 0 Å². The van der Waals surface area contributed by atoms with E-state index in [2.05, 4.69) is 15.2 Å². The van der Waals surface area contributed by atoms with Gasteiger partial charge in [0, 0.05) is 19.3 Å². The molecule has 0 aliphatic carbocycles. The number of anilines is 2. The van der Waals surface area contributed by atoms with Crippen molar-refractivity contribution in [3.8, 4) is 0 Å². The Bertz CT molecular complexity index is 625. The van der Waals surface area contributed by atoms with Crippen LogP contribution in [0.5, 0.6) is 0 Å². The Labute approximate surface area is 135 Å². The zero-order valence-electron chi connectivity index (χ0n) is 13.1. The molecule has 0 spiro atoms. The van der Waals surface area contributed by atoms with E-state index in [1.165, 1.54) is 0 Å². The smallest absolute Gasteiger partial charge is 0.227 e. The van der Waals surface area contributed by atoms with Gasteiger partial charge in [-0.15, -0.1) is 0 Å². The second-order valence-corrected chi connectivity index (χ2v) is 6.17. The first-order valence-corrected chi connectivity index (χ1v) is 8.37. The van der Waals surface area contributed by atoms with Crippen LogP contribution in [0, 0.1) is 0 Å². The molecule has 0 amide bonds. The highest BCUT2D eigenvalue weighted by Gasteiger charge is 2.30. The van der Waals surface area contributed by atoms with E-state index in [0.717, 1.165) is 63.0 Å². The first-order chi connectivity index (χ1) is 11.4. The van der Waals surface area contributed by atoms with Crippen LogP contribution in [0.15, 0.2) is 35.1 Å². The number of hydrogen-bond donors (Lipinski definition) is 1. The molecule has 6 heteroatoms. The summed E-state index contributed by atoms with van der Waals surface area (Å²) in [5, 5.41) is 3.47. The third-order valence-electron chi connectivity index (χ3n) is 4.54. The average molecular weight is 314 g/mol. The summed E-state index contributed by atoms with van der Waals surface area (Å²) in [5.41, 5.74) is 0. The molecule has 2 atom stereocenters. The van der Waals surface area contributed by atoms with Crippen molar-refractivity contribution in [2.24, 2.45) is 0 Å². The van der Waals surface area contributed by atoms with Crippen LogP contribution in [0.3, 0.4) is 0 Å². The highest BCUT2D eigenvalue weighted by Crippen LogP contribution is 2.34. The first-order valence-electron chi connectivity index (χ1n) is 8.37. The van der Waals surface area contributed by atoms with Gasteiger partial charge in [-0.05, 0) is 43.9 Å². The predicted octanol–water partition coefficient (Wildman–Crippen LogP) is 3.00. The van der Waals surface area contributed by atoms with Crippen molar-refractivity contribution >= 4 is 11.8 Å². The minimum absolute atomic E-state index is 0.235. The minimum atomic E-state index is 0.235. The van der Waals surface area contributed by atoms with Crippen LogP contribution >= 0.6 is 0 Å². The Morgan fingerprint density at radius 2 is 2.22 bits per heavy atom. The predicted molar refractivity (Wildman–Crippen MR) is 87.5 cm³/mol. The molecule has 2 aliphatic heterocycles. The summed E-state index contributed by atoms with van der Waals surface area (Å²) in [6.07, 6.45) is 7.98. The molecule has 1 N–H and O–H groups in total. The zero-order chi connectivity index (χ0) is 15.5. The molecule has 2 aromatic rings. The zero-order valence-corrected chi connectivity index (χ0v) is 13.1. The van der Waals surface area contributed by atoms with Crippen molar-refractivity contribution < 1.29 is 9.15 Å². The second-order valence-electron chi connectivity index (χ2n) is 6.17. The summed E-state index contributed by atoms with van der Waals surface area (Å²) >= 11 is 0. The number of nitrogens with one attached hydrogen (secondary N) is 1. The SMILES string of the molecule is c1coc(C2CCCN2c2nccc(NC3CCCOC3)n2)c1. The fourth-order valence-electron chi connectivity index (χ4n) is 3.41. The van der Waals surface area contributed by atoms with Gasteiger partial charge in [-0.3, -0.25) is 0 Å². The largest absolute Gasteiger partial charge is 0.467 e. The minimum Gasteiger partial charge on any atom is -0.467 e. The Morgan fingerprint density at radius 1 is 1.22 bits per heavy atom. The van der Waals surface area contributed by atoms with Crippen molar-refractivity contribution in [1.29, 1.82) is 0 Å². The number of rotatable bonds is 4. The van der Waals surface area contributed by atoms with Gasteiger partial charge in [0.15, 0.2) is 0 Å². The van der Waals surface area contributed by atoms with E-state index in [1.54, 1.807) is 6.26 Å². The molecule has 2 saturated heterocycles. The molecular formula is C17H22N4O2. The lowest BCUT2D eigenvalue weighted by atomic mass is 10.1. The lowest BCUT2D eigenvalue weighted by molar-refractivity contribution is 0.0875. The molecule has 2 aliphatic rings. The van der Waals surface area contributed by atoms with E-state index < -0.39 is 0 Å². The van der Waals surface area contributed by atoms with Crippen LogP contribution in [0.4, 0.5) is 11.8 Å². The Hall–Kier alpha value is -2.08. The maximum absolute atomic E-state index is 5.59. The van der Waals surface area contributed by atoms with Gasteiger partial charge in [-0.25, -0.2) is 4.98 Å². The van der Waals surface area contributed by atoms with E-state index >= 15 is 0 Å². The summed E-state index contributed by atoms with van der Waals surface area (Å²) in [6, 6.07) is 6.47. The fourth-order valence-corrected chi connectivity index (χ4v) is 3.41. The summed E-state index contributed by atoms with van der Waals surface area (Å²) in [7, 11) is 0. The number of aromatic nitrogens is 2. The van der Waals surface area contributed by atoms with Crippen LogP contribution in [-0.2, 0) is 4.74 Å². The van der Waals surface area contributed by atoms with Crippen molar-refractivity contribution in [2.45, 2.75) is 37.8 Å². The van der Waals surface area contributed by atoms with Crippen LogP contribution in [0.2, 0.25) is 0 Å². The topological polar surface area (TPSA) is 63.4 Å². The second kappa shape index (κ2) is 6.58. The van der Waals surface area contributed by atoms with Gasteiger partial charge in [0.1, 0.15) is 11.6 Å². The quantitative estimate of drug-likeness (QED) is 0.936. The van der Waals surface area contributed by atoms with Crippen LogP contribution in [-0.4, -0.2) is 35.8 Å². The van der Waals surface area contributed by atoms with Crippen molar-refractivity contribution in [3.05, 3.63) is 36.4 Å². The molecule has 4 heterocycles. The van der Waals surface area contributed by atoms with E-state index in [0.29, 0.717) is 6.04 Å². The maximum Gasteiger partial charge on any atom is 0.227 e. The summed E-state index contributed by atoms with van der Waals surface area (Å²) in [6.45, 7) is 2.57. The van der Waals surface area contributed by atoms with E-state index in [4.69, 9.17) is 14.1 Å². The van der Waals surface area contributed by atoms with Gasteiger partial charge >= 0.3 is 0 Å². The van der Waals surface area contributed by atoms with Crippen LogP contribution in [0.25, 0.3) is 0 Å². The third kappa shape index (κ3) is 3.17. The van der Waals surface area contributed by atoms with Crippen molar-refractivity contribution in [1.82, 2.24) is 9.97 Å². The first kappa shape index (κ1) is 14.5. The molecule has 0 saturated carbocycles. The van der Waals surface area contributed by atoms with E-state index in [9.17, 15) is 0 Å². The van der Waals surface area contributed by atoms with Gasteiger partial charge in [-0.1, -0.05) is 0 Å². The fraction of sp³-hybridized carbons (Fsp3) is 0.529. The highest BCUT2D eigenvalue weighted by atomic mass is 16.5. The molecular weight excluding hydrogens is 292 g/mol. The number of nitrogens with zero attached hydrogens (tertiary/aromatic N) is 3. The molecule has 6 nitrogen and oxygen atoms in total. The summed E-state index contributed by atoms with van der Waals surface area (Å²) in [5.74, 6) is 2.63. The standard InChI is InChI=1S/C17H22N4O2/c1-5-14(15-6-3-11-23-15)21(9-1)17-18-8-7-16(20-17)19-13-4-2-10-22-12-13/h3,6-8,11,13-14H,1-2,4-5,9-10,12H2,(H,18,19,20). The maximum atomic E-state index is 5.59.